The first-order chi connectivity index (χ1) is 11.5. The molecule has 2 heterocycles. The van der Waals surface area contributed by atoms with E-state index in [1.807, 2.05) is 24.8 Å². The van der Waals surface area contributed by atoms with Crippen LogP contribution in [0.3, 0.4) is 0 Å². The van der Waals surface area contributed by atoms with E-state index in [0.717, 1.165) is 0 Å². The molecule has 1 N–H and O–H groups in total. The average molecular weight is 332 g/mol. The summed E-state index contributed by atoms with van der Waals surface area (Å²) in [5.41, 5.74) is 0.711. The fraction of sp³-hybridized carbons (Fsp3) is 0.556. The molecular formula is C18H24N2O4. The van der Waals surface area contributed by atoms with Gasteiger partial charge in [-0.1, -0.05) is 13.8 Å². The molecular weight excluding hydrogens is 308 g/mol. The number of piperidine rings is 1. The minimum absolute atomic E-state index is 0.00447. The zero-order valence-electron chi connectivity index (χ0n) is 14.2. The molecule has 0 bridgehead atoms. The van der Waals surface area contributed by atoms with Crippen LogP contribution in [0, 0.1) is 11.8 Å². The lowest BCUT2D eigenvalue weighted by atomic mass is 9.95. The topological polar surface area (TPSA) is 67.9 Å². The molecule has 1 fully saturated rings. The Morgan fingerprint density at radius 1 is 1.21 bits per heavy atom. The molecule has 0 radical (unpaired) electrons. The van der Waals surface area contributed by atoms with Gasteiger partial charge in [-0.2, -0.15) is 0 Å². The van der Waals surface area contributed by atoms with Crippen molar-refractivity contribution >= 4 is 17.5 Å². The molecule has 130 valence electrons. The van der Waals surface area contributed by atoms with Gasteiger partial charge in [0.05, 0.1) is 0 Å². The largest absolute Gasteiger partial charge is 0.454 e. The number of fused-ring (bicyclic) bond motifs is 1. The van der Waals surface area contributed by atoms with Gasteiger partial charge in [-0.05, 0) is 30.9 Å². The molecule has 1 aromatic rings. The Labute approximate surface area is 142 Å². The van der Waals surface area contributed by atoms with Crippen molar-refractivity contribution < 1.29 is 19.1 Å². The Bertz CT molecular complexity index is 621. The third-order valence-electron chi connectivity index (χ3n) is 4.44. The van der Waals surface area contributed by atoms with Crippen molar-refractivity contribution in [2.24, 2.45) is 11.8 Å². The van der Waals surface area contributed by atoms with Gasteiger partial charge in [0.1, 0.15) is 0 Å². The highest BCUT2D eigenvalue weighted by Crippen LogP contribution is 2.34. The fourth-order valence-corrected chi connectivity index (χ4v) is 3.09. The van der Waals surface area contributed by atoms with Crippen molar-refractivity contribution in [3.05, 3.63) is 18.2 Å². The maximum Gasteiger partial charge on any atom is 0.231 e. The van der Waals surface area contributed by atoms with Crippen molar-refractivity contribution in [2.75, 3.05) is 25.2 Å². The number of nitrogens with zero attached hydrogens (tertiary/aromatic N) is 1. The lowest BCUT2D eigenvalue weighted by Gasteiger charge is -2.31. The number of hydrogen-bond donors (Lipinski definition) is 1. The van der Waals surface area contributed by atoms with Crippen LogP contribution < -0.4 is 14.8 Å². The number of ether oxygens (including phenoxy) is 2. The highest BCUT2D eigenvalue weighted by atomic mass is 16.7. The third-order valence-corrected chi connectivity index (χ3v) is 4.44. The Balaban J connectivity index is 1.51. The zero-order chi connectivity index (χ0) is 17.1. The number of likely N-dealkylation sites (tertiary alicyclic amines) is 1. The fourth-order valence-electron chi connectivity index (χ4n) is 3.09. The minimum Gasteiger partial charge on any atom is -0.454 e. The van der Waals surface area contributed by atoms with E-state index in [9.17, 15) is 9.59 Å². The van der Waals surface area contributed by atoms with Gasteiger partial charge in [-0.3, -0.25) is 9.59 Å². The second-order valence-electron chi connectivity index (χ2n) is 6.81. The van der Waals surface area contributed by atoms with Gasteiger partial charge in [0.25, 0.3) is 0 Å². The van der Waals surface area contributed by atoms with Crippen LogP contribution in [0.2, 0.25) is 0 Å². The number of carbonyl (C=O) groups excluding carboxylic acids is 2. The van der Waals surface area contributed by atoms with Crippen LogP contribution in [0.25, 0.3) is 0 Å². The Kier molecular flexibility index (Phi) is 4.92. The summed E-state index contributed by atoms with van der Waals surface area (Å²) in [7, 11) is 0. The minimum atomic E-state index is -0.0569. The van der Waals surface area contributed by atoms with E-state index in [4.69, 9.17) is 9.47 Å². The SMILES string of the molecule is CC(C)CC(=O)N1CCC(C(=O)Nc2ccc3c(c2)OCO3)CC1. The van der Waals surface area contributed by atoms with E-state index in [-0.39, 0.29) is 24.5 Å². The second kappa shape index (κ2) is 7.11. The molecule has 0 spiro atoms. The number of benzene rings is 1. The maximum absolute atomic E-state index is 12.4. The van der Waals surface area contributed by atoms with Gasteiger partial charge in [0, 0.05) is 37.2 Å². The summed E-state index contributed by atoms with van der Waals surface area (Å²) in [6.07, 6.45) is 1.99. The predicted octanol–water partition coefficient (Wildman–Crippen LogP) is 2.64. The molecule has 1 aromatic carbocycles. The Hall–Kier alpha value is -2.24. The summed E-state index contributed by atoms with van der Waals surface area (Å²) in [5, 5.41) is 2.94. The molecule has 0 atom stereocenters. The van der Waals surface area contributed by atoms with E-state index in [1.54, 1.807) is 12.1 Å². The average Bonchev–Trinajstić information content (AvgIpc) is 3.02. The van der Waals surface area contributed by atoms with Gasteiger partial charge in [-0.25, -0.2) is 0 Å². The Morgan fingerprint density at radius 3 is 2.62 bits per heavy atom. The van der Waals surface area contributed by atoms with Crippen molar-refractivity contribution in [1.82, 2.24) is 4.90 Å². The first kappa shape index (κ1) is 16.6. The summed E-state index contributed by atoms with van der Waals surface area (Å²) in [6, 6.07) is 5.39. The van der Waals surface area contributed by atoms with E-state index in [1.165, 1.54) is 0 Å². The number of anilines is 1. The molecule has 0 saturated carbocycles. The summed E-state index contributed by atoms with van der Waals surface area (Å²) in [5.74, 6) is 1.86. The molecule has 2 amide bonds. The van der Waals surface area contributed by atoms with Crippen LogP contribution >= 0.6 is 0 Å². The van der Waals surface area contributed by atoms with Crippen LogP contribution in [0.4, 0.5) is 5.69 Å². The molecule has 6 nitrogen and oxygen atoms in total. The standard InChI is InChI=1S/C18H24N2O4/c1-12(2)9-17(21)20-7-5-13(6-8-20)18(22)19-14-3-4-15-16(10-14)24-11-23-15/h3-4,10,12-13H,5-9,11H2,1-2H3,(H,19,22). The number of nitrogens with one attached hydrogen (secondary N) is 1. The highest BCUT2D eigenvalue weighted by molar-refractivity contribution is 5.93. The molecule has 0 unspecified atom stereocenters. The predicted molar refractivity (Wildman–Crippen MR) is 90.0 cm³/mol. The smallest absolute Gasteiger partial charge is 0.231 e. The third kappa shape index (κ3) is 3.80. The zero-order valence-corrected chi connectivity index (χ0v) is 14.2. The van der Waals surface area contributed by atoms with Crippen LogP contribution in [-0.4, -0.2) is 36.6 Å². The van der Waals surface area contributed by atoms with Crippen molar-refractivity contribution in [3.8, 4) is 11.5 Å². The summed E-state index contributed by atoms with van der Waals surface area (Å²) >= 11 is 0. The quantitative estimate of drug-likeness (QED) is 0.920. The van der Waals surface area contributed by atoms with Gasteiger partial charge in [0.15, 0.2) is 11.5 Å². The molecule has 3 rings (SSSR count). The number of carbonyl (C=O) groups is 2. The summed E-state index contributed by atoms with van der Waals surface area (Å²) in [4.78, 5) is 26.4. The van der Waals surface area contributed by atoms with Crippen LogP contribution in [0.1, 0.15) is 33.1 Å². The molecule has 24 heavy (non-hydrogen) atoms. The van der Waals surface area contributed by atoms with Gasteiger partial charge < -0.3 is 19.7 Å². The summed E-state index contributed by atoms with van der Waals surface area (Å²) in [6.45, 7) is 5.62. The molecule has 2 aliphatic heterocycles. The molecule has 2 aliphatic rings. The van der Waals surface area contributed by atoms with E-state index in [2.05, 4.69) is 5.32 Å². The van der Waals surface area contributed by atoms with E-state index >= 15 is 0 Å². The van der Waals surface area contributed by atoms with Gasteiger partial charge >= 0.3 is 0 Å². The molecule has 0 aliphatic carbocycles. The Morgan fingerprint density at radius 2 is 1.92 bits per heavy atom. The van der Waals surface area contributed by atoms with Crippen molar-refractivity contribution in [3.63, 3.8) is 0 Å². The summed E-state index contributed by atoms with van der Waals surface area (Å²) < 4.78 is 10.6. The first-order valence-corrected chi connectivity index (χ1v) is 8.51. The second-order valence-corrected chi connectivity index (χ2v) is 6.81. The normalized spacial score (nSPS) is 17.2. The van der Waals surface area contributed by atoms with Crippen LogP contribution in [0.5, 0.6) is 11.5 Å². The number of hydrogen-bond acceptors (Lipinski definition) is 4. The van der Waals surface area contributed by atoms with Gasteiger partial charge in [-0.15, -0.1) is 0 Å². The van der Waals surface area contributed by atoms with E-state index in [0.29, 0.717) is 55.5 Å². The maximum atomic E-state index is 12.4. The molecule has 6 heteroatoms. The lowest BCUT2D eigenvalue weighted by Crippen LogP contribution is -2.41. The van der Waals surface area contributed by atoms with Crippen molar-refractivity contribution in [1.29, 1.82) is 0 Å². The highest BCUT2D eigenvalue weighted by Gasteiger charge is 2.27. The number of amides is 2. The number of rotatable bonds is 4. The van der Waals surface area contributed by atoms with Gasteiger partial charge in [0.2, 0.25) is 18.6 Å². The van der Waals surface area contributed by atoms with Crippen molar-refractivity contribution in [2.45, 2.75) is 33.1 Å². The van der Waals surface area contributed by atoms with Crippen LogP contribution in [0.15, 0.2) is 18.2 Å². The first-order valence-electron chi connectivity index (χ1n) is 8.51. The van der Waals surface area contributed by atoms with Crippen LogP contribution in [-0.2, 0) is 9.59 Å². The van der Waals surface area contributed by atoms with E-state index < -0.39 is 0 Å². The monoisotopic (exact) mass is 332 g/mol. The molecule has 1 saturated heterocycles. The molecule has 0 aromatic heterocycles. The lowest BCUT2D eigenvalue weighted by molar-refractivity contribution is -0.135.